The number of benzene rings is 2. The number of oxazole rings is 1. The molecule has 0 saturated carbocycles. The number of ketones is 1. The number of halogens is 3. The Bertz CT molecular complexity index is 1460. The van der Waals surface area contributed by atoms with Crippen LogP contribution in [-0.4, -0.2) is 35.1 Å². The number of aliphatic carboxylic acids is 1. The van der Waals surface area contributed by atoms with Crippen LogP contribution in [0.3, 0.4) is 0 Å². The predicted molar refractivity (Wildman–Crippen MR) is 156 cm³/mol. The Kier molecular flexibility index (Phi) is 10.9. The monoisotopic (exact) mass is 584 g/mol. The first-order chi connectivity index (χ1) is 20.0. The van der Waals surface area contributed by atoms with Crippen LogP contribution in [0, 0.1) is 5.41 Å². The van der Waals surface area contributed by atoms with Gasteiger partial charge in [-0.25, -0.2) is 0 Å². The highest BCUT2D eigenvalue weighted by molar-refractivity contribution is 5.99. The average molecular weight is 585 g/mol. The van der Waals surface area contributed by atoms with Gasteiger partial charge in [0.05, 0.1) is 11.0 Å². The van der Waals surface area contributed by atoms with Gasteiger partial charge in [-0.1, -0.05) is 56.8 Å². The Labute approximate surface area is 242 Å². The molecule has 4 rings (SSSR count). The predicted octanol–water partition coefficient (Wildman–Crippen LogP) is 8.30. The van der Waals surface area contributed by atoms with E-state index in [0.717, 1.165) is 23.3 Å². The number of carboxylic acid groups (broad SMARTS) is 1. The van der Waals surface area contributed by atoms with E-state index in [1.54, 1.807) is 43.3 Å². The molecule has 1 aromatic heterocycles. The van der Waals surface area contributed by atoms with Crippen LogP contribution in [0.25, 0.3) is 16.7 Å². The second-order valence-electron chi connectivity index (χ2n) is 9.65. The molecule has 1 aliphatic rings. The number of ether oxygens (including phenoxy) is 1. The van der Waals surface area contributed by atoms with Crippen molar-refractivity contribution in [2.75, 3.05) is 18.5 Å². The van der Waals surface area contributed by atoms with Crippen molar-refractivity contribution in [1.82, 2.24) is 4.98 Å². The van der Waals surface area contributed by atoms with Crippen molar-refractivity contribution in [2.45, 2.75) is 52.6 Å². The number of nitrogens with one attached hydrogen (secondary N) is 1. The van der Waals surface area contributed by atoms with E-state index in [9.17, 15) is 27.9 Å². The zero-order chi connectivity index (χ0) is 30.9. The maximum Gasteiger partial charge on any atom is 0.416 e. The first-order valence-electron chi connectivity index (χ1n) is 13.7. The van der Waals surface area contributed by atoms with Gasteiger partial charge in [-0.15, -0.1) is 0 Å². The number of hydrogen-bond donors (Lipinski definition) is 2. The van der Waals surface area contributed by atoms with Gasteiger partial charge in [-0.05, 0) is 61.6 Å². The summed E-state index contributed by atoms with van der Waals surface area (Å²) in [5.74, 6) is -1.19. The second-order valence-corrected chi connectivity index (χ2v) is 9.65. The number of carbonyl (C=O) groups is 2. The van der Waals surface area contributed by atoms with E-state index in [2.05, 4.69) is 16.9 Å². The summed E-state index contributed by atoms with van der Waals surface area (Å²) in [6, 6.07) is 10.1. The van der Waals surface area contributed by atoms with E-state index in [1.807, 2.05) is 19.9 Å². The number of allylic oxidation sites excluding steroid dienone is 4. The summed E-state index contributed by atoms with van der Waals surface area (Å²) in [6.07, 6.45) is 1.96. The van der Waals surface area contributed by atoms with Crippen LogP contribution in [-0.2, 0) is 15.7 Å². The van der Waals surface area contributed by atoms with Crippen LogP contribution >= 0.6 is 0 Å². The van der Waals surface area contributed by atoms with E-state index in [-0.39, 0.29) is 29.3 Å². The molecule has 1 aliphatic heterocycles. The molecule has 2 N–H and O–H groups in total. The normalized spacial score (nSPS) is 15.2. The van der Waals surface area contributed by atoms with Crippen molar-refractivity contribution in [3.05, 3.63) is 89.7 Å². The summed E-state index contributed by atoms with van der Waals surface area (Å²) in [5.41, 5.74) is 1.12. The molecule has 2 aromatic carbocycles. The van der Waals surface area contributed by atoms with Crippen LogP contribution < -0.4 is 5.32 Å². The second kappa shape index (κ2) is 14.1. The minimum absolute atomic E-state index is 0.0663. The van der Waals surface area contributed by atoms with Crippen molar-refractivity contribution in [3.8, 4) is 0 Å². The Balaban J connectivity index is 0.00000237. The highest BCUT2D eigenvalue weighted by Crippen LogP contribution is 2.36. The molecule has 7 nitrogen and oxygen atoms in total. The topological polar surface area (TPSA) is 102 Å². The largest absolute Gasteiger partial charge is 0.481 e. The summed E-state index contributed by atoms with van der Waals surface area (Å²) in [7, 11) is 0. The van der Waals surface area contributed by atoms with Gasteiger partial charge in [0.25, 0.3) is 6.01 Å². The van der Waals surface area contributed by atoms with Gasteiger partial charge in [0, 0.05) is 30.9 Å². The zero-order valence-corrected chi connectivity index (χ0v) is 23.9. The van der Waals surface area contributed by atoms with Gasteiger partial charge < -0.3 is 19.6 Å². The van der Waals surface area contributed by atoms with Crippen molar-refractivity contribution >= 4 is 34.4 Å². The summed E-state index contributed by atoms with van der Waals surface area (Å²) < 4.78 is 49.7. The number of hydrogen-bond acceptors (Lipinski definition) is 6. The highest BCUT2D eigenvalue weighted by atomic mass is 19.4. The molecule has 3 aromatic rings. The van der Waals surface area contributed by atoms with Gasteiger partial charge in [0.2, 0.25) is 0 Å². The SMILES string of the molecule is C=C(CC=C/C(=C\C)Nc1nc2cc(C(F)(F)F)ccc2o1)c1ccc(C(=O)CC2(C(=O)O)CCOCC2)cc1.CC. The summed E-state index contributed by atoms with van der Waals surface area (Å²) in [4.78, 5) is 28.8. The molecule has 0 bridgehead atoms. The first-order valence-corrected chi connectivity index (χ1v) is 13.7. The Morgan fingerprint density at radius 2 is 1.74 bits per heavy atom. The molecular formula is C32H35F3N2O5. The minimum atomic E-state index is -4.47. The molecule has 0 radical (unpaired) electrons. The van der Waals surface area contributed by atoms with Gasteiger partial charge in [0.15, 0.2) is 11.4 Å². The smallest absolute Gasteiger partial charge is 0.416 e. The van der Waals surface area contributed by atoms with Crippen LogP contribution in [0.2, 0.25) is 0 Å². The molecule has 0 unspecified atom stereocenters. The fourth-order valence-corrected chi connectivity index (χ4v) is 4.47. The third-order valence-corrected chi connectivity index (χ3v) is 6.96. The lowest BCUT2D eigenvalue weighted by Crippen LogP contribution is -2.39. The average Bonchev–Trinajstić information content (AvgIpc) is 3.39. The molecule has 42 heavy (non-hydrogen) atoms. The fraction of sp³-hybridized carbons (Fsp3) is 0.344. The quantitative estimate of drug-likeness (QED) is 0.183. The number of anilines is 1. The lowest BCUT2D eigenvalue weighted by Gasteiger charge is -2.32. The highest BCUT2D eigenvalue weighted by Gasteiger charge is 2.42. The van der Waals surface area contributed by atoms with Crippen molar-refractivity contribution < 1.29 is 37.0 Å². The Hall–Kier alpha value is -4.18. The number of nitrogens with zero attached hydrogens (tertiary/aromatic N) is 1. The first kappa shape index (κ1) is 32.3. The number of carbonyl (C=O) groups excluding carboxylic acids is 1. The number of rotatable bonds is 10. The van der Waals surface area contributed by atoms with E-state index in [1.165, 1.54) is 6.07 Å². The van der Waals surface area contributed by atoms with Crippen molar-refractivity contribution in [2.24, 2.45) is 5.41 Å². The number of Topliss-reactive ketones (excluding diaryl/α,β-unsaturated/α-hetero) is 1. The maximum atomic E-state index is 13.0. The molecule has 0 amide bonds. The third kappa shape index (κ3) is 7.97. The summed E-state index contributed by atoms with van der Waals surface area (Å²) in [5, 5.41) is 12.7. The van der Waals surface area contributed by atoms with Gasteiger partial charge in [-0.2, -0.15) is 18.2 Å². The van der Waals surface area contributed by atoms with E-state index in [4.69, 9.17) is 9.15 Å². The zero-order valence-electron chi connectivity index (χ0n) is 23.9. The number of aromatic nitrogens is 1. The summed E-state index contributed by atoms with van der Waals surface area (Å²) >= 11 is 0. The van der Waals surface area contributed by atoms with Gasteiger partial charge in [-0.3, -0.25) is 9.59 Å². The molecule has 10 heteroatoms. The van der Waals surface area contributed by atoms with E-state index >= 15 is 0 Å². The lowest BCUT2D eigenvalue weighted by molar-refractivity contribution is -0.154. The van der Waals surface area contributed by atoms with Crippen LogP contribution in [0.5, 0.6) is 0 Å². The minimum Gasteiger partial charge on any atom is -0.481 e. The number of carboxylic acids is 1. The van der Waals surface area contributed by atoms with Crippen LogP contribution in [0.1, 0.15) is 67.9 Å². The number of alkyl halides is 3. The van der Waals surface area contributed by atoms with Gasteiger partial charge in [0.1, 0.15) is 5.52 Å². The van der Waals surface area contributed by atoms with Crippen molar-refractivity contribution in [1.29, 1.82) is 0 Å². The van der Waals surface area contributed by atoms with Crippen LogP contribution in [0.4, 0.5) is 19.2 Å². The molecule has 224 valence electrons. The maximum absolute atomic E-state index is 13.0. The molecule has 1 saturated heterocycles. The lowest BCUT2D eigenvalue weighted by atomic mass is 9.75. The van der Waals surface area contributed by atoms with Crippen LogP contribution in [0.15, 0.2) is 77.4 Å². The van der Waals surface area contributed by atoms with E-state index < -0.39 is 23.1 Å². The third-order valence-electron chi connectivity index (χ3n) is 6.96. The Morgan fingerprint density at radius 3 is 2.33 bits per heavy atom. The van der Waals surface area contributed by atoms with Crippen molar-refractivity contribution in [3.63, 3.8) is 0 Å². The standard InChI is InChI=1S/C30H29F3N2O5.C2H6/c1-3-23(34-28-35-24-17-22(30(31,32)33)11-12-26(24)40-28)6-4-5-19(2)20-7-9-21(10-8-20)25(36)18-29(27(37)38)13-15-39-16-14-29;1-2/h3-4,6-12,17H,2,5,13-16,18H2,1H3,(H,34,35)(H,37,38);1-2H3/b6-4?,23-3+;. The fourth-order valence-electron chi connectivity index (χ4n) is 4.47. The molecule has 0 atom stereocenters. The molecule has 0 spiro atoms. The molecular weight excluding hydrogens is 549 g/mol. The molecule has 0 aliphatic carbocycles. The van der Waals surface area contributed by atoms with E-state index in [0.29, 0.717) is 43.7 Å². The molecule has 1 fully saturated rings. The van der Waals surface area contributed by atoms with Gasteiger partial charge >= 0.3 is 12.1 Å². The number of fused-ring (bicyclic) bond motifs is 1. The Morgan fingerprint density at radius 1 is 1.10 bits per heavy atom. The summed E-state index contributed by atoms with van der Waals surface area (Å²) in [6.45, 7) is 10.5. The molecule has 2 heterocycles.